The number of phenolic OH excluding ortho intramolecular Hbond substituents is 1. The van der Waals surface area contributed by atoms with Gasteiger partial charge in [-0.1, -0.05) is 30.4 Å². The van der Waals surface area contributed by atoms with E-state index in [1.54, 1.807) is 24.3 Å². The van der Waals surface area contributed by atoms with Gasteiger partial charge < -0.3 is 19.5 Å². The van der Waals surface area contributed by atoms with E-state index in [2.05, 4.69) is 0 Å². The first-order valence-corrected chi connectivity index (χ1v) is 8.66. The van der Waals surface area contributed by atoms with Crippen LogP contribution in [0.3, 0.4) is 0 Å². The quantitative estimate of drug-likeness (QED) is 0.448. The predicted octanol–water partition coefficient (Wildman–Crippen LogP) is 3.93. The number of hydrogen-bond acceptors (Lipinski definition) is 5. The number of carbonyl (C=O) groups excluding carboxylic acids is 1. The van der Waals surface area contributed by atoms with Gasteiger partial charge in [-0.2, -0.15) is 5.26 Å². The largest absolute Gasteiger partial charge is 0.502 e. The first-order valence-electron chi connectivity index (χ1n) is 8.66. The summed E-state index contributed by atoms with van der Waals surface area (Å²) in [6.07, 6.45) is 4.74. The van der Waals surface area contributed by atoms with Gasteiger partial charge in [-0.25, -0.2) is 0 Å². The lowest BCUT2D eigenvalue weighted by atomic mass is 10.1. The second-order valence-corrected chi connectivity index (χ2v) is 5.71. The Balaban J connectivity index is 2.28. The number of benzene rings is 2. The normalized spacial score (nSPS) is 11.1. The van der Waals surface area contributed by atoms with Crippen molar-refractivity contribution in [3.05, 3.63) is 65.8 Å². The van der Waals surface area contributed by atoms with Crippen LogP contribution in [0.15, 0.2) is 60.2 Å². The van der Waals surface area contributed by atoms with Gasteiger partial charge in [0.2, 0.25) is 5.75 Å². The number of para-hydroxylation sites is 1. The zero-order valence-corrected chi connectivity index (χ0v) is 16.0. The second kappa shape index (κ2) is 9.83. The topological polar surface area (TPSA) is 82.8 Å². The average Bonchev–Trinajstić information content (AvgIpc) is 2.73. The molecule has 0 aliphatic heterocycles. The highest BCUT2D eigenvalue weighted by Crippen LogP contribution is 2.37. The third-order valence-electron chi connectivity index (χ3n) is 4.03. The molecule has 6 heteroatoms. The van der Waals surface area contributed by atoms with Gasteiger partial charge in [0.15, 0.2) is 11.5 Å². The zero-order chi connectivity index (χ0) is 20.5. The number of phenols is 1. The fourth-order valence-electron chi connectivity index (χ4n) is 2.62. The van der Waals surface area contributed by atoms with Crippen LogP contribution in [0.1, 0.15) is 12.5 Å². The van der Waals surface area contributed by atoms with Crippen LogP contribution >= 0.6 is 0 Å². The van der Waals surface area contributed by atoms with E-state index in [1.165, 1.54) is 25.2 Å². The number of hydrogen-bond donors (Lipinski definition) is 1. The standard InChI is InChI=1S/C22H22N2O4/c1-4-24(18-11-6-5-7-12-18)22(26)17(15-23)10-8-9-16-13-19(27-2)21(25)20(14-16)28-3/h5-14,25H,4H2,1-3H3/b9-8+,17-10+. The van der Waals surface area contributed by atoms with Crippen LogP contribution in [0.5, 0.6) is 17.2 Å². The monoisotopic (exact) mass is 378 g/mol. The van der Waals surface area contributed by atoms with E-state index in [4.69, 9.17) is 9.47 Å². The molecule has 0 saturated carbocycles. The highest BCUT2D eigenvalue weighted by Gasteiger charge is 2.17. The van der Waals surface area contributed by atoms with Crippen molar-refractivity contribution in [2.45, 2.75) is 6.92 Å². The number of nitriles is 1. The summed E-state index contributed by atoms with van der Waals surface area (Å²) in [5.41, 5.74) is 1.43. The van der Waals surface area contributed by atoms with E-state index in [9.17, 15) is 15.2 Å². The number of methoxy groups -OCH3 is 2. The highest BCUT2D eigenvalue weighted by molar-refractivity contribution is 6.08. The molecule has 0 bridgehead atoms. The Hall–Kier alpha value is -3.72. The molecule has 6 nitrogen and oxygen atoms in total. The predicted molar refractivity (Wildman–Crippen MR) is 108 cm³/mol. The third-order valence-corrected chi connectivity index (χ3v) is 4.03. The SMILES string of the molecule is CCN(C(=O)/C(C#N)=C/C=C/c1cc(OC)c(O)c(OC)c1)c1ccccc1. The molecule has 1 N–H and O–H groups in total. The number of allylic oxidation sites excluding steroid dienone is 2. The maximum atomic E-state index is 12.7. The van der Waals surface area contributed by atoms with E-state index < -0.39 is 0 Å². The van der Waals surface area contributed by atoms with Crippen molar-refractivity contribution >= 4 is 17.7 Å². The number of rotatable bonds is 7. The first kappa shape index (κ1) is 20.6. The van der Waals surface area contributed by atoms with Crippen molar-refractivity contribution in [2.24, 2.45) is 0 Å². The van der Waals surface area contributed by atoms with Crippen molar-refractivity contribution < 1.29 is 19.4 Å². The van der Waals surface area contributed by atoms with Crippen LogP contribution in [0.4, 0.5) is 5.69 Å². The molecular weight excluding hydrogens is 356 g/mol. The van der Waals surface area contributed by atoms with Gasteiger partial charge >= 0.3 is 0 Å². The highest BCUT2D eigenvalue weighted by atomic mass is 16.5. The smallest absolute Gasteiger partial charge is 0.268 e. The van der Waals surface area contributed by atoms with Crippen molar-refractivity contribution in [3.63, 3.8) is 0 Å². The minimum absolute atomic E-state index is 0.0136. The van der Waals surface area contributed by atoms with Crippen LogP contribution in [0.2, 0.25) is 0 Å². The van der Waals surface area contributed by atoms with Crippen LogP contribution in [0.25, 0.3) is 6.08 Å². The minimum Gasteiger partial charge on any atom is -0.502 e. The summed E-state index contributed by atoms with van der Waals surface area (Å²) in [4.78, 5) is 14.3. The van der Waals surface area contributed by atoms with Gasteiger partial charge in [0.1, 0.15) is 11.6 Å². The molecule has 0 radical (unpaired) electrons. The molecule has 0 unspecified atom stereocenters. The fourth-order valence-corrected chi connectivity index (χ4v) is 2.62. The molecule has 0 spiro atoms. The third kappa shape index (κ3) is 4.71. The summed E-state index contributed by atoms with van der Waals surface area (Å²) >= 11 is 0. The number of likely N-dealkylation sites (N-methyl/N-ethyl adjacent to an activating group) is 1. The number of ether oxygens (including phenoxy) is 2. The molecule has 0 heterocycles. The van der Waals surface area contributed by atoms with Gasteiger partial charge in [0.05, 0.1) is 14.2 Å². The molecule has 0 aromatic heterocycles. The zero-order valence-electron chi connectivity index (χ0n) is 16.0. The lowest BCUT2D eigenvalue weighted by Gasteiger charge is -2.20. The molecule has 0 aliphatic carbocycles. The van der Waals surface area contributed by atoms with Crippen molar-refractivity contribution in [1.29, 1.82) is 5.26 Å². The number of nitrogens with zero attached hydrogens (tertiary/aromatic N) is 2. The van der Waals surface area contributed by atoms with E-state index in [-0.39, 0.29) is 28.7 Å². The van der Waals surface area contributed by atoms with Gasteiger partial charge in [0, 0.05) is 12.2 Å². The molecular formula is C22H22N2O4. The van der Waals surface area contributed by atoms with Gasteiger partial charge in [-0.3, -0.25) is 4.79 Å². The number of carbonyl (C=O) groups is 1. The van der Waals surface area contributed by atoms with Gasteiger partial charge in [-0.05, 0) is 42.8 Å². The summed E-state index contributed by atoms with van der Waals surface area (Å²) in [6.45, 7) is 2.29. The molecule has 144 valence electrons. The lowest BCUT2D eigenvalue weighted by Crippen LogP contribution is -2.31. The fraction of sp³-hybridized carbons (Fsp3) is 0.182. The van der Waals surface area contributed by atoms with Crippen molar-refractivity contribution in [2.75, 3.05) is 25.7 Å². The Morgan fingerprint density at radius 1 is 1.18 bits per heavy atom. The Morgan fingerprint density at radius 3 is 2.29 bits per heavy atom. The van der Waals surface area contributed by atoms with Crippen molar-refractivity contribution in [3.8, 4) is 23.3 Å². The van der Waals surface area contributed by atoms with E-state index >= 15 is 0 Å². The molecule has 28 heavy (non-hydrogen) atoms. The van der Waals surface area contributed by atoms with Gasteiger partial charge in [-0.15, -0.1) is 0 Å². The summed E-state index contributed by atoms with van der Waals surface area (Å²) < 4.78 is 10.2. The number of amides is 1. The summed E-state index contributed by atoms with van der Waals surface area (Å²) in [5.74, 6) is 0.0651. The Bertz CT molecular complexity index is 902. The maximum absolute atomic E-state index is 12.7. The van der Waals surface area contributed by atoms with E-state index in [0.717, 1.165) is 5.69 Å². The Kier molecular flexibility index (Phi) is 7.23. The second-order valence-electron chi connectivity index (χ2n) is 5.71. The van der Waals surface area contributed by atoms with Gasteiger partial charge in [0.25, 0.3) is 5.91 Å². The first-order chi connectivity index (χ1) is 13.5. The maximum Gasteiger partial charge on any atom is 0.268 e. The summed E-state index contributed by atoms with van der Waals surface area (Å²) in [5, 5.41) is 19.4. The van der Waals surface area contributed by atoms with E-state index in [0.29, 0.717) is 12.1 Å². The van der Waals surface area contributed by atoms with Crippen LogP contribution in [-0.2, 0) is 4.79 Å². The van der Waals surface area contributed by atoms with Crippen molar-refractivity contribution in [1.82, 2.24) is 0 Å². The molecule has 2 aromatic carbocycles. The average molecular weight is 378 g/mol. The summed E-state index contributed by atoms with van der Waals surface area (Å²) in [6, 6.07) is 14.4. The molecule has 0 fully saturated rings. The minimum atomic E-state index is -0.373. The van der Waals surface area contributed by atoms with Crippen LogP contribution in [-0.4, -0.2) is 31.8 Å². The van der Waals surface area contributed by atoms with Crippen LogP contribution in [0, 0.1) is 11.3 Å². The lowest BCUT2D eigenvalue weighted by molar-refractivity contribution is -0.114. The number of anilines is 1. The Morgan fingerprint density at radius 2 is 1.79 bits per heavy atom. The number of aromatic hydroxyl groups is 1. The van der Waals surface area contributed by atoms with Crippen LogP contribution < -0.4 is 14.4 Å². The molecule has 0 saturated heterocycles. The molecule has 0 atom stereocenters. The Labute approximate surface area is 164 Å². The molecule has 2 rings (SSSR count). The molecule has 0 aliphatic rings. The van der Waals surface area contributed by atoms with E-state index in [1.807, 2.05) is 43.3 Å². The molecule has 2 aromatic rings. The summed E-state index contributed by atoms with van der Waals surface area (Å²) in [7, 11) is 2.88. The molecule has 1 amide bonds.